The molecule has 1 N–H and O–H groups in total. The monoisotopic (exact) mass is 344 g/mol. The van der Waals surface area contributed by atoms with Gasteiger partial charge in [-0.15, -0.1) is 11.3 Å². The molecule has 24 heavy (non-hydrogen) atoms. The first-order valence-corrected chi connectivity index (χ1v) is 8.33. The van der Waals surface area contributed by atoms with Gasteiger partial charge in [0, 0.05) is 11.9 Å². The third-order valence-corrected chi connectivity index (χ3v) is 4.42. The molecule has 4 nitrogen and oxygen atoms in total. The van der Waals surface area contributed by atoms with Gasteiger partial charge in [0.25, 0.3) is 0 Å². The Bertz CT molecular complexity index is 867. The van der Waals surface area contributed by atoms with Gasteiger partial charge in [0.15, 0.2) is 4.80 Å². The second-order valence-corrected chi connectivity index (χ2v) is 5.93. The molecule has 2 aromatic carbocycles. The molecule has 124 valence electrons. The third kappa shape index (κ3) is 3.55. The summed E-state index contributed by atoms with van der Waals surface area (Å²) in [6.45, 7) is 0.423. The van der Waals surface area contributed by atoms with E-state index in [9.17, 15) is 9.50 Å². The van der Waals surface area contributed by atoms with Crippen LogP contribution in [0.15, 0.2) is 58.9 Å². The van der Waals surface area contributed by atoms with E-state index in [1.165, 1.54) is 23.5 Å². The van der Waals surface area contributed by atoms with Crippen molar-refractivity contribution in [2.75, 3.05) is 13.7 Å². The minimum Gasteiger partial charge on any atom is -0.497 e. The van der Waals surface area contributed by atoms with Crippen LogP contribution in [0.25, 0.3) is 11.3 Å². The van der Waals surface area contributed by atoms with Gasteiger partial charge in [-0.25, -0.2) is 9.38 Å². The van der Waals surface area contributed by atoms with Crippen LogP contribution >= 0.6 is 11.3 Å². The predicted molar refractivity (Wildman–Crippen MR) is 93.0 cm³/mol. The lowest BCUT2D eigenvalue weighted by Gasteiger charge is -2.07. The lowest BCUT2D eigenvalue weighted by atomic mass is 10.2. The number of rotatable bonds is 5. The molecule has 0 aliphatic heterocycles. The third-order valence-electron chi connectivity index (χ3n) is 3.56. The van der Waals surface area contributed by atoms with Gasteiger partial charge in [-0.1, -0.05) is 0 Å². The van der Waals surface area contributed by atoms with Crippen LogP contribution < -0.4 is 9.54 Å². The highest BCUT2D eigenvalue weighted by atomic mass is 32.1. The highest BCUT2D eigenvalue weighted by Crippen LogP contribution is 2.22. The normalized spacial score (nSPS) is 11.7. The summed E-state index contributed by atoms with van der Waals surface area (Å²) >= 11 is 1.48. The van der Waals surface area contributed by atoms with Crippen LogP contribution in [0.3, 0.4) is 0 Å². The molecule has 0 fully saturated rings. The van der Waals surface area contributed by atoms with Gasteiger partial charge in [-0.05, 0) is 54.1 Å². The van der Waals surface area contributed by atoms with Crippen LogP contribution in [0.5, 0.6) is 5.75 Å². The SMILES string of the molecule is COc1ccc(N=c2scc(-c3ccc(F)cc3)n2CCO)cc1. The van der Waals surface area contributed by atoms with E-state index in [-0.39, 0.29) is 12.4 Å². The Balaban J connectivity index is 2.04. The fourth-order valence-electron chi connectivity index (χ4n) is 2.35. The van der Waals surface area contributed by atoms with Crippen molar-refractivity contribution in [3.8, 4) is 17.0 Å². The molecule has 6 heteroatoms. The van der Waals surface area contributed by atoms with E-state index in [1.54, 1.807) is 19.2 Å². The summed E-state index contributed by atoms with van der Waals surface area (Å²) in [6.07, 6.45) is 0. The van der Waals surface area contributed by atoms with E-state index in [0.29, 0.717) is 6.54 Å². The molecule has 1 aromatic heterocycles. The standard InChI is InChI=1S/C18H17FN2O2S/c1-23-16-8-6-15(7-9-16)20-18-21(10-11-22)17(12-24-18)13-2-4-14(19)5-3-13/h2-9,12,22H,10-11H2,1H3. The number of benzene rings is 2. The second-order valence-electron chi connectivity index (χ2n) is 5.10. The van der Waals surface area contributed by atoms with E-state index in [1.807, 2.05) is 34.2 Å². The summed E-state index contributed by atoms with van der Waals surface area (Å²) in [7, 11) is 1.62. The average molecular weight is 344 g/mol. The zero-order valence-electron chi connectivity index (χ0n) is 13.1. The number of thiazole rings is 1. The lowest BCUT2D eigenvalue weighted by Crippen LogP contribution is -2.17. The first-order valence-electron chi connectivity index (χ1n) is 7.45. The van der Waals surface area contributed by atoms with Crippen LogP contribution in [0, 0.1) is 5.82 Å². The molecule has 0 unspecified atom stereocenters. The summed E-state index contributed by atoms with van der Waals surface area (Å²) in [6, 6.07) is 13.8. The van der Waals surface area contributed by atoms with Crippen LogP contribution in [-0.2, 0) is 6.54 Å². The van der Waals surface area contributed by atoms with Crippen LogP contribution in [0.1, 0.15) is 0 Å². The van der Waals surface area contributed by atoms with E-state index < -0.39 is 0 Å². The van der Waals surface area contributed by atoms with E-state index in [4.69, 9.17) is 4.74 Å². The molecule has 3 rings (SSSR count). The number of hydrogen-bond acceptors (Lipinski definition) is 4. The van der Waals surface area contributed by atoms with Crippen LogP contribution in [0.4, 0.5) is 10.1 Å². The molecule has 0 spiro atoms. The Morgan fingerprint density at radius 2 is 1.83 bits per heavy atom. The number of aliphatic hydroxyl groups excluding tert-OH is 1. The van der Waals surface area contributed by atoms with E-state index in [0.717, 1.165) is 27.5 Å². The number of ether oxygens (including phenoxy) is 1. The summed E-state index contributed by atoms with van der Waals surface area (Å²) in [5.74, 6) is 0.501. The highest BCUT2D eigenvalue weighted by molar-refractivity contribution is 7.07. The first-order chi connectivity index (χ1) is 11.7. The molecular weight excluding hydrogens is 327 g/mol. The lowest BCUT2D eigenvalue weighted by molar-refractivity contribution is 0.275. The summed E-state index contributed by atoms with van der Waals surface area (Å²) in [5.41, 5.74) is 2.59. The maximum absolute atomic E-state index is 13.1. The van der Waals surface area contributed by atoms with Crippen molar-refractivity contribution in [3.63, 3.8) is 0 Å². The van der Waals surface area contributed by atoms with Gasteiger partial charge in [0.2, 0.25) is 0 Å². The van der Waals surface area contributed by atoms with Gasteiger partial charge in [0.05, 0.1) is 25.1 Å². The minimum atomic E-state index is -0.272. The highest BCUT2D eigenvalue weighted by Gasteiger charge is 2.08. The van der Waals surface area contributed by atoms with Crippen molar-refractivity contribution in [1.29, 1.82) is 0 Å². The number of methoxy groups -OCH3 is 1. The van der Waals surface area contributed by atoms with Gasteiger partial charge >= 0.3 is 0 Å². The van der Waals surface area contributed by atoms with Crippen molar-refractivity contribution in [2.45, 2.75) is 6.54 Å². The molecule has 0 amide bonds. The number of aliphatic hydroxyl groups is 1. The quantitative estimate of drug-likeness (QED) is 0.769. The summed E-state index contributed by atoms with van der Waals surface area (Å²) in [5, 5.41) is 11.3. The van der Waals surface area contributed by atoms with Crippen LogP contribution in [0.2, 0.25) is 0 Å². The van der Waals surface area contributed by atoms with Crippen molar-refractivity contribution < 1.29 is 14.2 Å². The van der Waals surface area contributed by atoms with Crippen LogP contribution in [-0.4, -0.2) is 23.4 Å². The predicted octanol–water partition coefficient (Wildman–Crippen LogP) is 3.59. The Morgan fingerprint density at radius 1 is 1.12 bits per heavy atom. The molecule has 0 aliphatic rings. The maximum Gasteiger partial charge on any atom is 0.190 e. The van der Waals surface area contributed by atoms with Crippen molar-refractivity contribution >= 4 is 17.0 Å². The Kier molecular flexibility index (Phi) is 5.08. The average Bonchev–Trinajstić information content (AvgIpc) is 2.99. The van der Waals surface area contributed by atoms with Gasteiger partial charge in [0.1, 0.15) is 11.6 Å². The van der Waals surface area contributed by atoms with Gasteiger partial charge in [-0.2, -0.15) is 0 Å². The largest absolute Gasteiger partial charge is 0.497 e. The molecular formula is C18H17FN2O2S. The van der Waals surface area contributed by atoms with Crippen molar-refractivity contribution in [2.24, 2.45) is 4.99 Å². The van der Waals surface area contributed by atoms with E-state index >= 15 is 0 Å². The fourth-order valence-corrected chi connectivity index (χ4v) is 3.31. The molecule has 0 aliphatic carbocycles. The molecule has 3 aromatic rings. The molecule has 0 saturated carbocycles. The number of hydrogen-bond donors (Lipinski definition) is 1. The smallest absolute Gasteiger partial charge is 0.190 e. The number of halogens is 1. The number of nitrogens with zero attached hydrogens (tertiary/aromatic N) is 2. The number of aromatic nitrogens is 1. The van der Waals surface area contributed by atoms with Crippen molar-refractivity contribution in [1.82, 2.24) is 4.57 Å². The first kappa shape index (κ1) is 16.4. The molecule has 0 saturated heterocycles. The van der Waals surface area contributed by atoms with Gasteiger partial charge in [-0.3, -0.25) is 0 Å². The fraction of sp³-hybridized carbons (Fsp3) is 0.167. The topological polar surface area (TPSA) is 46.8 Å². The maximum atomic E-state index is 13.1. The molecule has 0 bridgehead atoms. The zero-order valence-corrected chi connectivity index (χ0v) is 14.0. The minimum absolute atomic E-state index is 0.000721. The molecule has 0 radical (unpaired) electrons. The molecule has 0 atom stereocenters. The zero-order chi connectivity index (χ0) is 16.9. The summed E-state index contributed by atoms with van der Waals surface area (Å²) < 4.78 is 20.2. The Hall–Kier alpha value is -2.44. The molecule has 1 heterocycles. The van der Waals surface area contributed by atoms with Crippen molar-refractivity contribution in [3.05, 3.63) is 64.5 Å². The van der Waals surface area contributed by atoms with Gasteiger partial charge < -0.3 is 14.4 Å². The van der Waals surface area contributed by atoms with E-state index in [2.05, 4.69) is 4.99 Å². The Morgan fingerprint density at radius 3 is 2.46 bits per heavy atom. The Labute approximate surface area is 143 Å². The second kappa shape index (κ2) is 7.42. The summed E-state index contributed by atoms with van der Waals surface area (Å²) in [4.78, 5) is 5.41.